The van der Waals surface area contributed by atoms with E-state index in [0.717, 1.165) is 11.0 Å². The van der Waals surface area contributed by atoms with Gasteiger partial charge in [-0.1, -0.05) is 12.1 Å². The van der Waals surface area contributed by atoms with Gasteiger partial charge >= 0.3 is 0 Å². The van der Waals surface area contributed by atoms with Crippen molar-refractivity contribution in [1.29, 1.82) is 0 Å². The Morgan fingerprint density at radius 1 is 1.07 bits per heavy atom. The molecule has 1 aliphatic rings. The van der Waals surface area contributed by atoms with Crippen molar-refractivity contribution in [3.63, 3.8) is 0 Å². The zero-order valence-corrected chi connectivity index (χ0v) is 15.7. The molecule has 0 N–H and O–H groups in total. The van der Waals surface area contributed by atoms with Gasteiger partial charge in [0.1, 0.15) is 5.82 Å². The van der Waals surface area contributed by atoms with Gasteiger partial charge in [0.15, 0.2) is 0 Å². The summed E-state index contributed by atoms with van der Waals surface area (Å²) in [5, 5.41) is 7.72. The molecule has 0 unspecified atom stereocenters. The fourth-order valence-electron chi connectivity index (χ4n) is 3.42. The highest BCUT2D eigenvalue weighted by Crippen LogP contribution is 2.29. The quantitative estimate of drug-likeness (QED) is 0.637. The normalized spacial score (nSPS) is 16.1. The summed E-state index contributed by atoms with van der Waals surface area (Å²) in [6.45, 7) is 1.28. The van der Waals surface area contributed by atoms with Crippen molar-refractivity contribution in [3.8, 4) is 22.6 Å². The van der Waals surface area contributed by atoms with E-state index in [2.05, 4.69) is 10.2 Å². The second-order valence-corrected chi connectivity index (χ2v) is 7.12. The molecule has 1 saturated heterocycles. The number of carbonyl (C=O) groups excluding carboxylic acids is 1. The van der Waals surface area contributed by atoms with Crippen molar-refractivity contribution in [2.45, 2.75) is 25.7 Å². The number of halogens is 3. The van der Waals surface area contributed by atoms with Crippen LogP contribution in [0, 0.1) is 12.7 Å². The molecule has 150 valence electrons. The summed E-state index contributed by atoms with van der Waals surface area (Å²) in [5.41, 5.74) is 1.90. The predicted octanol–water partition coefficient (Wildman–Crippen LogP) is 4.72. The average Bonchev–Trinajstić information content (AvgIpc) is 3.12. The van der Waals surface area contributed by atoms with Crippen LogP contribution >= 0.6 is 0 Å². The van der Waals surface area contributed by atoms with Crippen LogP contribution in [0.25, 0.3) is 22.6 Å². The molecular weight excluding hydrogens is 383 g/mol. The van der Waals surface area contributed by atoms with Crippen LogP contribution in [0.2, 0.25) is 0 Å². The highest BCUT2D eigenvalue weighted by Gasteiger charge is 2.37. The van der Waals surface area contributed by atoms with E-state index in [0.29, 0.717) is 28.5 Å². The maximum absolute atomic E-state index is 14.2. The monoisotopic (exact) mass is 401 g/mol. The second-order valence-electron chi connectivity index (χ2n) is 7.12. The van der Waals surface area contributed by atoms with Crippen LogP contribution in [0.5, 0.6) is 0 Å². The maximum atomic E-state index is 14.2. The average molecular weight is 401 g/mol. The molecule has 1 aromatic heterocycles. The minimum atomic E-state index is -2.91. The summed E-state index contributed by atoms with van der Waals surface area (Å²) in [4.78, 5) is 13.7. The number of likely N-dealkylation sites (tertiary alicyclic amines) is 1. The van der Waals surface area contributed by atoms with E-state index >= 15 is 0 Å². The lowest BCUT2D eigenvalue weighted by molar-refractivity contribution is -0.0560. The number of carbonyl (C=O) groups is 1. The number of amides is 1. The standard InChI is InChI=1S/C21H18F3N3O2/c1-13-25-26-19(29-13)15-5-3-14(4-6-15)16-9-17(11-18(22)10-16)20(28)27-8-2-7-21(23,24)12-27/h3-6,9-11H,2,7-8,12H2,1H3. The Balaban J connectivity index is 1.60. The largest absolute Gasteiger partial charge is 0.421 e. The third-order valence-corrected chi connectivity index (χ3v) is 4.82. The van der Waals surface area contributed by atoms with Gasteiger partial charge in [-0.3, -0.25) is 4.79 Å². The number of aromatic nitrogens is 2. The molecule has 0 bridgehead atoms. The van der Waals surface area contributed by atoms with Crippen LogP contribution in [0.4, 0.5) is 13.2 Å². The Bertz CT molecular complexity index is 1050. The van der Waals surface area contributed by atoms with Gasteiger partial charge < -0.3 is 9.32 Å². The van der Waals surface area contributed by atoms with Crippen LogP contribution < -0.4 is 0 Å². The Kier molecular flexibility index (Phi) is 4.86. The van der Waals surface area contributed by atoms with E-state index in [4.69, 9.17) is 4.42 Å². The molecule has 2 aromatic carbocycles. The Morgan fingerprint density at radius 2 is 1.79 bits per heavy atom. The zero-order valence-electron chi connectivity index (χ0n) is 15.7. The Hall–Kier alpha value is -3.16. The summed E-state index contributed by atoms with van der Waals surface area (Å²) < 4.78 is 46.9. The molecule has 4 rings (SSSR count). The van der Waals surface area contributed by atoms with E-state index in [1.165, 1.54) is 12.1 Å². The van der Waals surface area contributed by atoms with Crippen molar-refractivity contribution < 1.29 is 22.4 Å². The lowest BCUT2D eigenvalue weighted by Crippen LogP contribution is -2.45. The van der Waals surface area contributed by atoms with E-state index in [1.807, 2.05) is 0 Å². The van der Waals surface area contributed by atoms with Gasteiger partial charge in [-0.2, -0.15) is 0 Å². The summed E-state index contributed by atoms with van der Waals surface area (Å²) in [7, 11) is 0. The topological polar surface area (TPSA) is 59.2 Å². The smallest absolute Gasteiger partial charge is 0.265 e. The van der Waals surface area contributed by atoms with Crippen LogP contribution in [0.3, 0.4) is 0 Å². The van der Waals surface area contributed by atoms with E-state index < -0.39 is 24.2 Å². The predicted molar refractivity (Wildman–Crippen MR) is 99.9 cm³/mol. The Labute approximate surface area is 165 Å². The Morgan fingerprint density at radius 3 is 2.45 bits per heavy atom. The molecule has 1 fully saturated rings. The molecule has 0 aliphatic carbocycles. The molecule has 0 atom stereocenters. The van der Waals surface area contributed by atoms with Crippen LogP contribution in [0.15, 0.2) is 46.9 Å². The molecule has 29 heavy (non-hydrogen) atoms. The second kappa shape index (κ2) is 7.35. The molecule has 0 radical (unpaired) electrons. The van der Waals surface area contributed by atoms with Crippen molar-refractivity contribution in [1.82, 2.24) is 15.1 Å². The third kappa shape index (κ3) is 4.16. The summed E-state index contributed by atoms with van der Waals surface area (Å²) in [6.07, 6.45) is -0.0192. The fraction of sp³-hybridized carbons (Fsp3) is 0.286. The van der Waals surface area contributed by atoms with E-state index in [1.54, 1.807) is 31.2 Å². The molecule has 0 spiro atoms. The number of piperidine rings is 1. The first-order valence-corrected chi connectivity index (χ1v) is 9.19. The SMILES string of the molecule is Cc1nnc(-c2ccc(-c3cc(F)cc(C(=O)N4CCCC(F)(F)C4)c3)cc2)o1. The zero-order chi connectivity index (χ0) is 20.6. The number of rotatable bonds is 3. The first-order valence-electron chi connectivity index (χ1n) is 9.19. The first kappa shape index (κ1) is 19.2. The summed E-state index contributed by atoms with van der Waals surface area (Å²) >= 11 is 0. The molecule has 5 nitrogen and oxygen atoms in total. The summed E-state index contributed by atoms with van der Waals surface area (Å²) in [5.74, 6) is -3.29. The number of hydrogen-bond donors (Lipinski definition) is 0. The number of hydrogen-bond acceptors (Lipinski definition) is 4. The van der Waals surface area contributed by atoms with Gasteiger partial charge in [-0.15, -0.1) is 10.2 Å². The number of alkyl halides is 2. The van der Waals surface area contributed by atoms with Crippen LogP contribution in [0.1, 0.15) is 29.1 Å². The van der Waals surface area contributed by atoms with Gasteiger partial charge in [0.25, 0.3) is 11.8 Å². The van der Waals surface area contributed by atoms with Gasteiger partial charge in [-0.05, 0) is 47.9 Å². The number of aryl methyl sites for hydroxylation is 1. The lowest BCUT2D eigenvalue weighted by atomic mass is 10.00. The number of nitrogens with zero attached hydrogens (tertiary/aromatic N) is 3. The molecular formula is C21H18F3N3O2. The van der Waals surface area contributed by atoms with E-state index in [-0.39, 0.29) is 24.9 Å². The van der Waals surface area contributed by atoms with Crippen LogP contribution in [-0.2, 0) is 0 Å². The first-order chi connectivity index (χ1) is 13.8. The van der Waals surface area contributed by atoms with Gasteiger partial charge in [0.05, 0.1) is 6.54 Å². The minimum absolute atomic E-state index is 0.0503. The lowest BCUT2D eigenvalue weighted by Gasteiger charge is -2.32. The maximum Gasteiger partial charge on any atom is 0.265 e. The number of benzene rings is 2. The van der Waals surface area contributed by atoms with Crippen molar-refractivity contribution >= 4 is 5.91 Å². The van der Waals surface area contributed by atoms with Crippen molar-refractivity contribution in [2.24, 2.45) is 0 Å². The fourth-order valence-corrected chi connectivity index (χ4v) is 3.42. The molecule has 0 saturated carbocycles. The summed E-state index contributed by atoms with van der Waals surface area (Å²) in [6, 6.07) is 10.9. The van der Waals surface area contributed by atoms with E-state index in [9.17, 15) is 18.0 Å². The molecule has 3 aromatic rings. The minimum Gasteiger partial charge on any atom is -0.421 e. The highest BCUT2D eigenvalue weighted by atomic mass is 19.3. The van der Waals surface area contributed by atoms with Gasteiger partial charge in [0, 0.05) is 31.0 Å². The van der Waals surface area contributed by atoms with Gasteiger partial charge in [-0.25, -0.2) is 13.2 Å². The molecule has 1 amide bonds. The molecule has 8 heteroatoms. The van der Waals surface area contributed by atoms with Crippen LogP contribution in [-0.4, -0.2) is 40.0 Å². The highest BCUT2D eigenvalue weighted by molar-refractivity contribution is 5.95. The van der Waals surface area contributed by atoms with Crippen molar-refractivity contribution in [2.75, 3.05) is 13.1 Å². The molecule has 1 aliphatic heterocycles. The van der Waals surface area contributed by atoms with Gasteiger partial charge in [0.2, 0.25) is 11.8 Å². The third-order valence-electron chi connectivity index (χ3n) is 4.82. The van der Waals surface area contributed by atoms with Crippen molar-refractivity contribution in [3.05, 3.63) is 59.7 Å². The molecule has 2 heterocycles.